The highest BCUT2D eigenvalue weighted by molar-refractivity contribution is 8.01. The number of carbonyl (C=O) groups is 2. The Bertz CT molecular complexity index is 493. The molecule has 1 aromatic carbocycles. The predicted molar refractivity (Wildman–Crippen MR) is 93.5 cm³/mol. The molecule has 4 nitrogen and oxygen atoms in total. The first-order chi connectivity index (χ1) is 10.8. The van der Waals surface area contributed by atoms with Crippen LogP contribution in [0.2, 0.25) is 0 Å². The van der Waals surface area contributed by atoms with Crippen molar-refractivity contribution in [2.45, 2.75) is 51.4 Å². The molecule has 5 heteroatoms. The Balaban J connectivity index is 2.55. The molecule has 0 bridgehead atoms. The molecule has 0 radical (unpaired) electrons. The molecular weight excluding hydrogens is 312 g/mol. The second-order valence-corrected chi connectivity index (χ2v) is 7.35. The molecule has 1 atom stereocenters. The summed E-state index contributed by atoms with van der Waals surface area (Å²) in [5.41, 5.74) is 0.654. The summed E-state index contributed by atoms with van der Waals surface area (Å²) in [5.74, 6) is -0.427. The number of thioether (sulfide) groups is 1. The highest BCUT2D eigenvalue weighted by Gasteiger charge is 2.23. The number of hydrogen-bond acceptors (Lipinski definition) is 5. The third-order valence-electron chi connectivity index (χ3n) is 2.91. The lowest BCUT2D eigenvalue weighted by Gasteiger charge is -2.20. The van der Waals surface area contributed by atoms with Crippen LogP contribution < -0.4 is 0 Å². The van der Waals surface area contributed by atoms with E-state index in [-0.39, 0.29) is 22.9 Å². The van der Waals surface area contributed by atoms with Gasteiger partial charge in [-0.05, 0) is 46.1 Å². The van der Waals surface area contributed by atoms with E-state index < -0.39 is 5.60 Å². The van der Waals surface area contributed by atoms with Crippen LogP contribution >= 0.6 is 11.8 Å². The second kappa shape index (κ2) is 9.60. The van der Waals surface area contributed by atoms with Gasteiger partial charge in [-0.3, -0.25) is 9.59 Å². The molecule has 0 aromatic heterocycles. The lowest BCUT2D eigenvalue weighted by molar-refractivity contribution is -0.151. The van der Waals surface area contributed by atoms with Crippen LogP contribution in [0.25, 0.3) is 0 Å². The summed E-state index contributed by atoms with van der Waals surface area (Å²) in [6, 6.07) is 9.97. The molecule has 0 spiro atoms. The van der Waals surface area contributed by atoms with Crippen LogP contribution in [-0.4, -0.2) is 35.1 Å². The Labute approximate surface area is 142 Å². The van der Waals surface area contributed by atoms with Gasteiger partial charge in [0.05, 0.1) is 12.4 Å². The van der Waals surface area contributed by atoms with Crippen LogP contribution in [0.3, 0.4) is 0 Å². The third-order valence-corrected chi connectivity index (χ3v) is 4.14. The summed E-state index contributed by atoms with van der Waals surface area (Å²) >= 11 is 1.29. The number of aryl methyl sites for hydroxylation is 1. The van der Waals surface area contributed by atoms with Gasteiger partial charge >= 0.3 is 11.9 Å². The largest absolute Gasteiger partial charge is 0.465 e. The quantitative estimate of drug-likeness (QED) is 0.678. The highest BCUT2D eigenvalue weighted by atomic mass is 32.2. The zero-order chi connectivity index (χ0) is 17.3. The van der Waals surface area contributed by atoms with E-state index in [1.54, 1.807) is 6.92 Å². The van der Waals surface area contributed by atoms with E-state index in [9.17, 15) is 9.59 Å². The smallest absolute Gasteiger partial charge is 0.319 e. The maximum absolute atomic E-state index is 12.1. The maximum Gasteiger partial charge on any atom is 0.319 e. The summed E-state index contributed by atoms with van der Waals surface area (Å²) in [4.78, 5) is 23.9. The first-order valence-corrected chi connectivity index (χ1v) is 8.90. The number of hydrogen-bond donors (Lipinski definition) is 0. The van der Waals surface area contributed by atoms with Crippen molar-refractivity contribution in [3.63, 3.8) is 0 Å². The van der Waals surface area contributed by atoms with Gasteiger partial charge in [-0.2, -0.15) is 0 Å². The average Bonchev–Trinajstić information content (AvgIpc) is 2.46. The molecule has 0 N–H and O–H groups in total. The summed E-state index contributed by atoms with van der Waals surface area (Å²) < 4.78 is 10.4. The molecule has 23 heavy (non-hydrogen) atoms. The molecule has 0 saturated heterocycles. The number of ether oxygens (including phenoxy) is 2. The minimum atomic E-state index is -0.513. The normalized spacial score (nSPS) is 12.5. The fourth-order valence-electron chi connectivity index (χ4n) is 1.99. The van der Waals surface area contributed by atoms with Crippen molar-refractivity contribution >= 4 is 23.7 Å². The summed E-state index contributed by atoms with van der Waals surface area (Å²) in [5, 5.41) is -0.359. The first-order valence-electron chi connectivity index (χ1n) is 7.86. The van der Waals surface area contributed by atoms with Gasteiger partial charge in [0.1, 0.15) is 10.9 Å². The molecule has 0 fully saturated rings. The van der Waals surface area contributed by atoms with Gasteiger partial charge in [-0.25, -0.2) is 0 Å². The van der Waals surface area contributed by atoms with E-state index in [0.717, 1.165) is 6.42 Å². The van der Waals surface area contributed by atoms with Gasteiger partial charge < -0.3 is 9.47 Å². The summed E-state index contributed by atoms with van der Waals surface area (Å²) in [7, 11) is 0. The fourth-order valence-corrected chi connectivity index (χ4v) is 2.87. The van der Waals surface area contributed by atoms with Crippen molar-refractivity contribution in [3.05, 3.63) is 35.9 Å². The Hall–Kier alpha value is -1.49. The molecular formula is C18H26O4S. The van der Waals surface area contributed by atoms with Crippen molar-refractivity contribution in [2.24, 2.45) is 0 Å². The Morgan fingerprint density at radius 2 is 1.83 bits per heavy atom. The van der Waals surface area contributed by atoms with Crippen LogP contribution in [-0.2, 0) is 25.5 Å². The number of esters is 2. The summed E-state index contributed by atoms with van der Waals surface area (Å²) in [6.45, 7) is 7.60. The van der Waals surface area contributed by atoms with Crippen LogP contribution in [0.1, 0.15) is 39.7 Å². The van der Waals surface area contributed by atoms with E-state index >= 15 is 0 Å². The van der Waals surface area contributed by atoms with Gasteiger partial charge in [0, 0.05) is 0 Å². The second-order valence-electron chi connectivity index (χ2n) is 6.16. The Kier molecular flexibility index (Phi) is 8.17. The Morgan fingerprint density at radius 3 is 2.39 bits per heavy atom. The highest BCUT2D eigenvalue weighted by Crippen LogP contribution is 2.20. The number of carbonyl (C=O) groups excluding carboxylic acids is 2. The van der Waals surface area contributed by atoms with Crippen molar-refractivity contribution in [2.75, 3.05) is 12.4 Å². The lowest BCUT2D eigenvalue weighted by atomic mass is 10.1. The monoisotopic (exact) mass is 338 g/mol. The topological polar surface area (TPSA) is 52.6 Å². The van der Waals surface area contributed by atoms with Gasteiger partial charge in [0.15, 0.2) is 0 Å². The van der Waals surface area contributed by atoms with Crippen LogP contribution in [0.5, 0.6) is 0 Å². The lowest BCUT2D eigenvalue weighted by Crippen LogP contribution is -2.27. The Morgan fingerprint density at radius 1 is 1.17 bits per heavy atom. The van der Waals surface area contributed by atoms with Gasteiger partial charge in [0.2, 0.25) is 0 Å². The van der Waals surface area contributed by atoms with Crippen molar-refractivity contribution in [1.29, 1.82) is 0 Å². The van der Waals surface area contributed by atoms with Crippen molar-refractivity contribution < 1.29 is 19.1 Å². The molecule has 0 aliphatic rings. The van der Waals surface area contributed by atoms with Gasteiger partial charge in [-0.15, -0.1) is 11.8 Å². The molecule has 128 valence electrons. The fraction of sp³-hybridized carbons (Fsp3) is 0.556. The van der Waals surface area contributed by atoms with Gasteiger partial charge in [0.25, 0.3) is 0 Å². The van der Waals surface area contributed by atoms with Crippen LogP contribution in [0.15, 0.2) is 30.3 Å². The van der Waals surface area contributed by atoms with E-state index in [1.807, 2.05) is 51.1 Å². The average molecular weight is 338 g/mol. The van der Waals surface area contributed by atoms with E-state index in [2.05, 4.69) is 0 Å². The molecule has 0 aliphatic heterocycles. The zero-order valence-electron chi connectivity index (χ0n) is 14.3. The number of benzene rings is 1. The van der Waals surface area contributed by atoms with Crippen molar-refractivity contribution in [1.82, 2.24) is 0 Å². The SMILES string of the molecule is CCOC(=O)C(CCc1ccccc1)SCC(=O)OC(C)(C)C. The van der Waals surface area contributed by atoms with E-state index in [4.69, 9.17) is 9.47 Å². The number of rotatable bonds is 8. The van der Waals surface area contributed by atoms with Crippen LogP contribution in [0, 0.1) is 0 Å². The third kappa shape index (κ3) is 8.65. The van der Waals surface area contributed by atoms with E-state index in [1.165, 1.54) is 17.3 Å². The maximum atomic E-state index is 12.1. The van der Waals surface area contributed by atoms with Crippen LogP contribution in [0.4, 0.5) is 0 Å². The molecule has 1 unspecified atom stereocenters. The molecule has 0 aliphatic carbocycles. The molecule has 0 amide bonds. The minimum Gasteiger partial charge on any atom is -0.465 e. The van der Waals surface area contributed by atoms with E-state index in [0.29, 0.717) is 13.0 Å². The van der Waals surface area contributed by atoms with Crippen molar-refractivity contribution in [3.8, 4) is 0 Å². The van der Waals surface area contributed by atoms with Gasteiger partial charge in [-0.1, -0.05) is 30.3 Å². The molecule has 0 heterocycles. The minimum absolute atomic E-state index is 0.148. The first kappa shape index (κ1) is 19.6. The molecule has 1 rings (SSSR count). The predicted octanol–water partition coefficient (Wildman–Crippen LogP) is 3.63. The standard InChI is InChI=1S/C18H26O4S/c1-5-21-17(20)15(12-11-14-9-7-6-8-10-14)23-13-16(19)22-18(2,3)4/h6-10,15H,5,11-13H2,1-4H3. The molecule has 0 saturated carbocycles. The summed E-state index contributed by atoms with van der Waals surface area (Å²) in [6.07, 6.45) is 1.40. The molecule has 1 aromatic rings. The zero-order valence-corrected chi connectivity index (χ0v) is 15.2.